The Hall–Kier alpha value is -0.640. The third-order valence-corrected chi connectivity index (χ3v) is 4.44. The Labute approximate surface area is 114 Å². The summed E-state index contributed by atoms with van der Waals surface area (Å²) in [6.07, 6.45) is 8.17. The van der Waals surface area contributed by atoms with E-state index >= 15 is 0 Å². The predicted octanol–water partition coefficient (Wildman–Crippen LogP) is 3.46. The third-order valence-electron chi connectivity index (χ3n) is 4.23. The number of aromatic nitrogens is 1. The van der Waals surface area contributed by atoms with Crippen LogP contribution in [-0.2, 0) is 0 Å². The standard InChI is InChI=1S/C14H22ClN3/c1-2-10-3-5-11(6-4-10)14(18-16)12-7-8-17-13(15)9-12/h7-11,14,18H,2-6,16H2,1H3. The summed E-state index contributed by atoms with van der Waals surface area (Å²) in [6, 6.07) is 4.11. The summed E-state index contributed by atoms with van der Waals surface area (Å²) in [5.41, 5.74) is 4.11. The molecule has 4 heteroatoms. The summed E-state index contributed by atoms with van der Waals surface area (Å²) in [5, 5.41) is 0.537. The van der Waals surface area contributed by atoms with Crippen molar-refractivity contribution in [1.82, 2.24) is 10.4 Å². The van der Waals surface area contributed by atoms with Crippen LogP contribution in [-0.4, -0.2) is 4.98 Å². The van der Waals surface area contributed by atoms with Gasteiger partial charge in [0.2, 0.25) is 0 Å². The van der Waals surface area contributed by atoms with E-state index in [1.165, 1.54) is 32.1 Å². The second kappa shape index (κ2) is 6.50. The fourth-order valence-electron chi connectivity index (χ4n) is 3.05. The zero-order valence-electron chi connectivity index (χ0n) is 10.9. The summed E-state index contributed by atoms with van der Waals surface area (Å²) in [5.74, 6) is 7.25. The van der Waals surface area contributed by atoms with Gasteiger partial charge in [-0.2, -0.15) is 0 Å². The number of hydrogen-bond donors (Lipinski definition) is 2. The Balaban J connectivity index is 2.05. The average molecular weight is 268 g/mol. The van der Waals surface area contributed by atoms with Gasteiger partial charge < -0.3 is 0 Å². The molecular formula is C14H22ClN3. The topological polar surface area (TPSA) is 50.9 Å². The molecule has 0 aromatic carbocycles. The van der Waals surface area contributed by atoms with E-state index < -0.39 is 0 Å². The third kappa shape index (κ3) is 3.22. The first-order valence-electron chi connectivity index (χ1n) is 6.82. The quantitative estimate of drug-likeness (QED) is 0.499. The highest BCUT2D eigenvalue weighted by Gasteiger charge is 2.27. The van der Waals surface area contributed by atoms with E-state index in [9.17, 15) is 0 Å². The van der Waals surface area contributed by atoms with Crippen molar-refractivity contribution in [3.63, 3.8) is 0 Å². The number of halogens is 1. The molecule has 0 amide bonds. The van der Waals surface area contributed by atoms with Gasteiger partial charge in [-0.1, -0.05) is 37.8 Å². The van der Waals surface area contributed by atoms with E-state index in [2.05, 4.69) is 17.3 Å². The van der Waals surface area contributed by atoms with E-state index in [1.54, 1.807) is 6.20 Å². The lowest BCUT2D eigenvalue weighted by Gasteiger charge is -2.33. The van der Waals surface area contributed by atoms with Gasteiger partial charge in [0.05, 0.1) is 0 Å². The molecule has 2 rings (SSSR count). The van der Waals surface area contributed by atoms with Crippen LogP contribution >= 0.6 is 11.6 Å². The van der Waals surface area contributed by atoms with Gasteiger partial charge in [0.15, 0.2) is 0 Å². The van der Waals surface area contributed by atoms with Crippen LogP contribution in [0, 0.1) is 11.8 Å². The highest BCUT2D eigenvalue weighted by molar-refractivity contribution is 6.29. The Kier molecular flexibility index (Phi) is 4.98. The van der Waals surface area contributed by atoms with Crippen molar-refractivity contribution < 1.29 is 0 Å². The maximum Gasteiger partial charge on any atom is 0.129 e. The molecule has 1 aliphatic carbocycles. The van der Waals surface area contributed by atoms with E-state index in [0.717, 1.165) is 11.5 Å². The Morgan fingerprint density at radius 3 is 2.72 bits per heavy atom. The summed E-state index contributed by atoms with van der Waals surface area (Å²) in [4.78, 5) is 4.02. The van der Waals surface area contributed by atoms with Crippen LogP contribution in [0.3, 0.4) is 0 Å². The van der Waals surface area contributed by atoms with Crippen molar-refractivity contribution in [2.75, 3.05) is 0 Å². The molecule has 1 aromatic heterocycles. The van der Waals surface area contributed by atoms with Crippen LogP contribution in [0.1, 0.15) is 50.6 Å². The van der Waals surface area contributed by atoms with Crippen molar-refractivity contribution in [1.29, 1.82) is 0 Å². The lowest BCUT2D eigenvalue weighted by Crippen LogP contribution is -2.35. The molecule has 1 atom stereocenters. The normalized spacial score (nSPS) is 25.9. The van der Waals surface area contributed by atoms with Gasteiger partial charge in [0.1, 0.15) is 5.15 Å². The molecular weight excluding hydrogens is 246 g/mol. The fourth-order valence-corrected chi connectivity index (χ4v) is 3.23. The van der Waals surface area contributed by atoms with Crippen LogP contribution in [0.15, 0.2) is 18.3 Å². The number of nitrogens with two attached hydrogens (primary N) is 1. The highest BCUT2D eigenvalue weighted by atomic mass is 35.5. The molecule has 0 saturated heterocycles. The fraction of sp³-hybridized carbons (Fsp3) is 0.643. The summed E-state index contributed by atoms with van der Waals surface area (Å²) >= 11 is 5.95. The van der Waals surface area contributed by atoms with Crippen LogP contribution in [0.2, 0.25) is 5.15 Å². The van der Waals surface area contributed by atoms with Gasteiger partial charge in [-0.05, 0) is 42.4 Å². The molecule has 1 heterocycles. The first-order chi connectivity index (χ1) is 8.74. The molecule has 1 aliphatic rings. The van der Waals surface area contributed by atoms with Crippen LogP contribution in [0.5, 0.6) is 0 Å². The van der Waals surface area contributed by atoms with Crippen molar-refractivity contribution in [3.05, 3.63) is 29.0 Å². The maximum atomic E-state index is 5.95. The first-order valence-corrected chi connectivity index (χ1v) is 7.20. The second-order valence-electron chi connectivity index (χ2n) is 5.25. The van der Waals surface area contributed by atoms with Crippen molar-refractivity contribution in [2.24, 2.45) is 17.7 Å². The molecule has 100 valence electrons. The Bertz CT molecular complexity index is 375. The minimum atomic E-state index is 0.198. The molecule has 0 spiro atoms. The minimum Gasteiger partial charge on any atom is -0.271 e. The SMILES string of the molecule is CCC1CCC(C(NN)c2ccnc(Cl)c2)CC1. The molecule has 0 radical (unpaired) electrons. The number of hydrazine groups is 1. The molecule has 18 heavy (non-hydrogen) atoms. The molecule has 0 bridgehead atoms. The van der Waals surface area contributed by atoms with E-state index in [4.69, 9.17) is 17.4 Å². The van der Waals surface area contributed by atoms with Gasteiger partial charge in [0, 0.05) is 12.2 Å². The number of nitrogens with one attached hydrogen (secondary N) is 1. The van der Waals surface area contributed by atoms with Crippen molar-refractivity contribution in [3.8, 4) is 0 Å². The summed E-state index contributed by atoms with van der Waals surface area (Å²) in [6.45, 7) is 2.28. The van der Waals surface area contributed by atoms with Crippen LogP contribution < -0.4 is 11.3 Å². The number of hydrogen-bond acceptors (Lipinski definition) is 3. The Morgan fingerprint density at radius 1 is 1.44 bits per heavy atom. The van der Waals surface area contributed by atoms with E-state index in [-0.39, 0.29) is 6.04 Å². The molecule has 1 saturated carbocycles. The molecule has 3 nitrogen and oxygen atoms in total. The summed E-state index contributed by atoms with van der Waals surface area (Å²) < 4.78 is 0. The maximum absolute atomic E-state index is 5.95. The summed E-state index contributed by atoms with van der Waals surface area (Å²) in [7, 11) is 0. The zero-order chi connectivity index (χ0) is 13.0. The van der Waals surface area contributed by atoms with Crippen molar-refractivity contribution >= 4 is 11.6 Å². The zero-order valence-corrected chi connectivity index (χ0v) is 11.7. The van der Waals surface area contributed by atoms with Crippen molar-refractivity contribution in [2.45, 2.75) is 45.1 Å². The minimum absolute atomic E-state index is 0.198. The number of pyridine rings is 1. The van der Waals surface area contributed by atoms with Gasteiger partial charge >= 0.3 is 0 Å². The molecule has 0 aliphatic heterocycles. The average Bonchev–Trinajstić information content (AvgIpc) is 2.40. The number of rotatable bonds is 4. The largest absolute Gasteiger partial charge is 0.271 e. The van der Waals surface area contributed by atoms with Gasteiger partial charge in [-0.3, -0.25) is 11.3 Å². The lowest BCUT2D eigenvalue weighted by molar-refractivity contribution is 0.219. The lowest BCUT2D eigenvalue weighted by atomic mass is 9.76. The molecule has 1 fully saturated rings. The van der Waals surface area contributed by atoms with Crippen LogP contribution in [0.4, 0.5) is 0 Å². The molecule has 1 unspecified atom stereocenters. The predicted molar refractivity (Wildman–Crippen MR) is 75.1 cm³/mol. The van der Waals surface area contributed by atoms with E-state index in [0.29, 0.717) is 11.1 Å². The molecule has 1 aromatic rings. The van der Waals surface area contributed by atoms with Gasteiger partial charge in [0.25, 0.3) is 0 Å². The smallest absolute Gasteiger partial charge is 0.129 e. The first kappa shape index (κ1) is 13.8. The monoisotopic (exact) mass is 267 g/mol. The van der Waals surface area contributed by atoms with E-state index in [1.807, 2.05) is 12.1 Å². The highest BCUT2D eigenvalue weighted by Crippen LogP contribution is 2.37. The second-order valence-corrected chi connectivity index (χ2v) is 5.63. The Morgan fingerprint density at radius 2 is 2.17 bits per heavy atom. The van der Waals surface area contributed by atoms with Crippen LogP contribution in [0.25, 0.3) is 0 Å². The number of nitrogens with zero attached hydrogens (tertiary/aromatic N) is 1. The molecule has 3 N–H and O–H groups in total. The van der Waals surface area contributed by atoms with Gasteiger partial charge in [-0.25, -0.2) is 4.98 Å². The van der Waals surface area contributed by atoms with Gasteiger partial charge in [-0.15, -0.1) is 0 Å².